The molecule has 22 heavy (non-hydrogen) atoms. The van der Waals surface area contributed by atoms with Crippen LogP contribution in [0.3, 0.4) is 0 Å². The number of hydrogen-bond acceptors (Lipinski definition) is 3. The van der Waals surface area contributed by atoms with E-state index in [4.69, 9.17) is 4.74 Å². The van der Waals surface area contributed by atoms with Crippen molar-refractivity contribution in [3.8, 4) is 5.75 Å². The second-order valence-corrected chi connectivity index (χ2v) is 6.18. The third-order valence-electron chi connectivity index (χ3n) is 4.35. The SMILES string of the molecule is O=C(NC(C(=O)O)C1CC1)c1cccc(OC2CCCC2)c1. The number of hydrogen-bond donors (Lipinski definition) is 2. The number of benzene rings is 1. The molecule has 0 aliphatic heterocycles. The maximum Gasteiger partial charge on any atom is 0.326 e. The summed E-state index contributed by atoms with van der Waals surface area (Å²) in [5.74, 6) is -0.567. The molecule has 2 aliphatic rings. The van der Waals surface area contributed by atoms with Gasteiger partial charge in [0.2, 0.25) is 0 Å². The normalized spacial score (nSPS) is 19.6. The Morgan fingerprint density at radius 3 is 2.55 bits per heavy atom. The van der Waals surface area contributed by atoms with Crippen molar-refractivity contribution in [2.24, 2.45) is 5.92 Å². The summed E-state index contributed by atoms with van der Waals surface area (Å²) in [5.41, 5.74) is 0.447. The molecule has 0 bridgehead atoms. The first-order valence-corrected chi connectivity index (χ1v) is 7.94. The largest absolute Gasteiger partial charge is 0.490 e. The first-order valence-electron chi connectivity index (χ1n) is 7.94. The van der Waals surface area contributed by atoms with Crippen LogP contribution in [0.2, 0.25) is 0 Å². The zero-order chi connectivity index (χ0) is 15.5. The number of carbonyl (C=O) groups is 2. The quantitative estimate of drug-likeness (QED) is 0.847. The number of nitrogens with one attached hydrogen (secondary N) is 1. The van der Waals surface area contributed by atoms with Gasteiger partial charge in [0.1, 0.15) is 11.8 Å². The van der Waals surface area contributed by atoms with Crippen LogP contribution in [0.15, 0.2) is 24.3 Å². The third kappa shape index (κ3) is 3.59. The number of carboxylic acid groups (broad SMARTS) is 1. The Hall–Kier alpha value is -2.04. The van der Waals surface area contributed by atoms with Crippen LogP contribution in [0.4, 0.5) is 0 Å². The van der Waals surface area contributed by atoms with Crippen molar-refractivity contribution < 1.29 is 19.4 Å². The van der Waals surface area contributed by atoms with Gasteiger partial charge in [0.15, 0.2) is 0 Å². The molecular formula is C17H21NO4. The topological polar surface area (TPSA) is 75.6 Å². The van der Waals surface area contributed by atoms with Gasteiger partial charge in [-0.15, -0.1) is 0 Å². The van der Waals surface area contributed by atoms with E-state index in [1.54, 1.807) is 18.2 Å². The minimum Gasteiger partial charge on any atom is -0.490 e. The van der Waals surface area contributed by atoms with Crippen LogP contribution in [0.1, 0.15) is 48.9 Å². The molecular weight excluding hydrogens is 282 g/mol. The molecule has 5 nitrogen and oxygen atoms in total. The van der Waals surface area contributed by atoms with E-state index in [1.165, 1.54) is 12.8 Å². The number of carbonyl (C=O) groups excluding carboxylic acids is 1. The molecule has 1 amide bonds. The van der Waals surface area contributed by atoms with Gasteiger partial charge in [-0.05, 0) is 62.6 Å². The maximum atomic E-state index is 12.3. The average Bonchev–Trinajstić information content (AvgIpc) is 3.22. The monoisotopic (exact) mass is 303 g/mol. The van der Waals surface area contributed by atoms with Crippen molar-refractivity contribution in [3.05, 3.63) is 29.8 Å². The summed E-state index contributed by atoms with van der Waals surface area (Å²) in [6.45, 7) is 0. The smallest absolute Gasteiger partial charge is 0.326 e. The predicted molar refractivity (Wildman–Crippen MR) is 80.9 cm³/mol. The van der Waals surface area contributed by atoms with Crippen LogP contribution in [0.25, 0.3) is 0 Å². The lowest BCUT2D eigenvalue weighted by atomic mass is 10.1. The van der Waals surface area contributed by atoms with Gasteiger partial charge in [-0.3, -0.25) is 4.79 Å². The van der Waals surface area contributed by atoms with Crippen LogP contribution >= 0.6 is 0 Å². The van der Waals surface area contributed by atoms with Crippen LogP contribution in [-0.4, -0.2) is 29.1 Å². The van der Waals surface area contributed by atoms with E-state index in [9.17, 15) is 14.7 Å². The zero-order valence-electron chi connectivity index (χ0n) is 12.5. The van der Waals surface area contributed by atoms with Crippen molar-refractivity contribution in [3.63, 3.8) is 0 Å². The van der Waals surface area contributed by atoms with Gasteiger partial charge in [0.05, 0.1) is 6.10 Å². The molecule has 3 rings (SSSR count). The van der Waals surface area contributed by atoms with Gasteiger partial charge in [-0.1, -0.05) is 6.07 Å². The summed E-state index contributed by atoms with van der Waals surface area (Å²) in [6, 6.07) is 6.20. The summed E-state index contributed by atoms with van der Waals surface area (Å²) in [5, 5.41) is 11.8. The van der Waals surface area contributed by atoms with Gasteiger partial charge >= 0.3 is 5.97 Å². The van der Waals surface area contributed by atoms with Crippen molar-refractivity contribution in [2.45, 2.75) is 50.7 Å². The Morgan fingerprint density at radius 2 is 1.91 bits per heavy atom. The third-order valence-corrected chi connectivity index (χ3v) is 4.35. The molecule has 2 saturated carbocycles. The lowest BCUT2D eigenvalue weighted by Crippen LogP contribution is -2.42. The standard InChI is InChI=1S/C17H21NO4/c19-16(18-15(17(20)21)11-8-9-11)12-4-3-7-14(10-12)22-13-5-1-2-6-13/h3-4,7,10-11,13,15H,1-2,5-6,8-9H2,(H,18,19)(H,20,21). The van der Waals surface area contributed by atoms with Crippen molar-refractivity contribution >= 4 is 11.9 Å². The van der Waals surface area contributed by atoms with Gasteiger partial charge in [-0.25, -0.2) is 4.79 Å². The molecule has 0 aromatic heterocycles. The fraction of sp³-hybridized carbons (Fsp3) is 0.529. The first-order chi connectivity index (χ1) is 10.6. The highest BCUT2D eigenvalue weighted by Gasteiger charge is 2.37. The van der Waals surface area contributed by atoms with E-state index >= 15 is 0 Å². The average molecular weight is 303 g/mol. The van der Waals surface area contributed by atoms with Crippen molar-refractivity contribution in [2.75, 3.05) is 0 Å². The second kappa shape index (κ2) is 6.38. The molecule has 2 fully saturated rings. The van der Waals surface area contributed by atoms with E-state index in [0.29, 0.717) is 11.3 Å². The first kappa shape index (κ1) is 14.9. The fourth-order valence-electron chi connectivity index (χ4n) is 2.94. The minimum absolute atomic E-state index is 0.0689. The van der Waals surface area contributed by atoms with Crippen LogP contribution in [-0.2, 0) is 4.79 Å². The van der Waals surface area contributed by atoms with Gasteiger partial charge < -0.3 is 15.2 Å². The molecule has 2 N–H and O–H groups in total. The molecule has 1 atom stereocenters. The van der Waals surface area contributed by atoms with Crippen LogP contribution in [0, 0.1) is 5.92 Å². The highest BCUT2D eigenvalue weighted by Crippen LogP contribution is 2.33. The van der Waals surface area contributed by atoms with Gasteiger partial charge in [0, 0.05) is 5.56 Å². The summed E-state index contributed by atoms with van der Waals surface area (Å²) < 4.78 is 5.88. The number of aliphatic carboxylic acids is 1. The number of amides is 1. The maximum absolute atomic E-state index is 12.3. The lowest BCUT2D eigenvalue weighted by Gasteiger charge is -2.15. The highest BCUT2D eigenvalue weighted by molar-refractivity contribution is 5.97. The van der Waals surface area contributed by atoms with Crippen molar-refractivity contribution in [1.29, 1.82) is 0 Å². The Balaban J connectivity index is 1.65. The Morgan fingerprint density at radius 1 is 1.18 bits per heavy atom. The molecule has 1 unspecified atom stereocenters. The number of carboxylic acids is 1. The molecule has 2 aliphatic carbocycles. The van der Waals surface area contributed by atoms with E-state index in [1.807, 2.05) is 6.07 Å². The molecule has 0 radical (unpaired) electrons. The Kier molecular flexibility index (Phi) is 4.32. The Labute approximate surface area is 129 Å². The molecule has 118 valence electrons. The van der Waals surface area contributed by atoms with E-state index in [0.717, 1.165) is 25.7 Å². The summed E-state index contributed by atoms with van der Waals surface area (Å²) >= 11 is 0. The van der Waals surface area contributed by atoms with E-state index in [2.05, 4.69) is 5.32 Å². The van der Waals surface area contributed by atoms with E-state index in [-0.39, 0.29) is 17.9 Å². The van der Waals surface area contributed by atoms with Gasteiger partial charge in [-0.2, -0.15) is 0 Å². The molecule has 5 heteroatoms. The summed E-state index contributed by atoms with van der Waals surface area (Å²) in [6.07, 6.45) is 6.44. The number of rotatable bonds is 6. The molecule has 1 aromatic rings. The van der Waals surface area contributed by atoms with Gasteiger partial charge in [0.25, 0.3) is 5.91 Å². The molecule has 0 saturated heterocycles. The summed E-state index contributed by atoms with van der Waals surface area (Å²) in [7, 11) is 0. The summed E-state index contributed by atoms with van der Waals surface area (Å²) in [4.78, 5) is 23.5. The fourth-order valence-corrected chi connectivity index (χ4v) is 2.94. The lowest BCUT2D eigenvalue weighted by molar-refractivity contribution is -0.139. The van der Waals surface area contributed by atoms with Crippen molar-refractivity contribution in [1.82, 2.24) is 5.32 Å². The van der Waals surface area contributed by atoms with Crippen LogP contribution < -0.4 is 10.1 Å². The highest BCUT2D eigenvalue weighted by atomic mass is 16.5. The van der Waals surface area contributed by atoms with Crippen LogP contribution in [0.5, 0.6) is 5.75 Å². The Bertz CT molecular complexity index is 562. The molecule has 1 aromatic carbocycles. The molecule has 0 heterocycles. The number of ether oxygens (including phenoxy) is 1. The van der Waals surface area contributed by atoms with E-state index < -0.39 is 12.0 Å². The second-order valence-electron chi connectivity index (χ2n) is 6.18. The predicted octanol–water partition coefficient (Wildman–Crippen LogP) is 2.60. The minimum atomic E-state index is -0.964. The molecule has 0 spiro atoms. The zero-order valence-corrected chi connectivity index (χ0v) is 12.5.